The number of nitrogens with one attached hydrogen (secondary N) is 4. The minimum absolute atomic E-state index is 0. The quantitative estimate of drug-likeness (QED) is 0.0278. The summed E-state index contributed by atoms with van der Waals surface area (Å²) >= 11 is 6.53. The molecule has 4 aromatic carbocycles. The largest absolute Gasteiger partial charge is 0.481 e. The van der Waals surface area contributed by atoms with E-state index < -0.39 is 54.1 Å². The van der Waals surface area contributed by atoms with Crippen molar-refractivity contribution in [2.75, 3.05) is 150 Å². The molecule has 0 unspecified atom stereocenters. The van der Waals surface area contributed by atoms with Gasteiger partial charge in [-0.25, -0.2) is 26.4 Å². The number of sulfone groups is 2. The number of nitrogens with two attached hydrogens (primary N) is 3. The fraction of sp³-hybridized carbons (Fsp3) is 0.458. The number of hydrogen-bond donors (Lipinski definition) is 9. The topological polar surface area (TPSA) is 515 Å². The first kappa shape index (κ1) is 103. The summed E-state index contributed by atoms with van der Waals surface area (Å²) in [6.45, 7) is 8.79. The van der Waals surface area contributed by atoms with Crippen molar-refractivity contribution in [3.63, 3.8) is 0 Å². The molecule has 8 aromatic rings. The number of anilines is 7. The lowest BCUT2D eigenvalue weighted by Gasteiger charge is -2.25. The van der Waals surface area contributed by atoms with Crippen LogP contribution in [-0.2, 0) is 115 Å². The Hall–Kier alpha value is -9.96. The third-order valence-electron chi connectivity index (χ3n) is 19.5. The summed E-state index contributed by atoms with van der Waals surface area (Å²) in [5.41, 5.74) is 20.0. The molecule has 12 N–H and O–H groups in total. The Labute approximate surface area is 769 Å². The second-order valence-electron chi connectivity index (χ2n) is 30.2. The number of amides is 4. The summed E-state index contributed by atoms with van der Waals surface area (Å²) < 4.78 is 72.8. The van der Waals surface area contributed by atoms with Crippen LogP contribution in [0.1, 0.15) is 77.3 Å². The summed E-state index contributed by atoms with van der Waals surface area (Å²) in [6, 6.07) is 21.9. The number of imidazole rings is 2. The van der Waals surface area contributed by atoms with Gasteiger partial charge in [-0.1, -0.05) is 32.6 Å². The van der Waals surface area contributed by atoms with E-state index in [1.165, 1.54) is 28.2 Å². The van der Waals surface area contributed by atoms with Gasteiger partial charge in [0.05, 0.1) is 78.3 Å². The molecule has 15 rings (SSSR count). The molecule has 682 valence electrons. The zero-order valence-corrected chi connectivity index (χ0v) is 77.1. The first-order valence-electron chi connectivity index (χ1n) is 39.2. The molecule has 0 spiro atoms. The average Bonchev–Trinajstić information content (AvgIpc) is 1.59. The van der Waals surface area contributed by atoms with Gasteiger partial charge in [-0.3, -0.25) is 76.1 Å². The number of Topliss-reactive ketones (excluding diaryl/α,β-unsaturated/α-hetero) is 1. The number of aryl methyl sites for hydroxylation is 2. The number of ether oxygens (including phenoxy) is 3. The van der Waals surface area contributed by atoms with E-state index in [4.69, 9.17) is 48.0 Å². The summed E-state index contributed by atoms with van der Waals surface area (Å²) in [4.78, 5) is 145. The van der Waals surface area contributed by atoms with Gasteiger partial charge in [0, 0.05) is 160 Å². The second-order valence-corrected chi connectivity index (χ2v) is 37.8. The number of hydrogen-bond acceptors (Lipinski definition) is 26. The van der Waals surface area contributed by atoms with Crippen LogP contribution in [0, 0.1) is 58.6 Å². The third-order valence-corrected chi connectivity index (χ3v) is 23.4. The molecule has 7 heterocycles. The Morgan fingerprint density at radius 3 is 1.22 bits per heavy atom. The zero-order valence-electron chi connectivity index (χ0n) is 69.0. The summed E-state index contributed by atoms with van der Waals surface area (Å²) in [5, 5.41) is 27.4. The number of carbonyl (C=O) groups excluding carboxylic acids is 5. The summed E-state index contributed by atoms with van der Waals surface area (Å²) in [7, 11) is -2.02. The van der Waals surface area contributed by atoms with Crippen molar-refractivity contribution in [3.05, 3.63) is 136 Å². The molecule has 4 aliphatic carbocycles. The van der Waals surface area contributed by atoms with Gasteiger partial charge >= 0.3 is 23.3 Å². The summed E-state index contributed by atoms with van der Waals surface area (Å²) in [5.74, 6) is 7.25. The van der Waals surface area contributed by atoms with E-state index >= 15 is 0 Å². The molecule has 7 fully saturated rings. The Morgan fingerprint density at radius 1 is 0.484 bits per heavy atom. The lowest BCUT2D eigenvalue weighted by Crippen LogP contribution is -2.41. The molecule has 7 aliphatic rings. The van der Waals surface area contributed by atoms with Gasteiger partial charge in [0.2, 0.25) is 53.6 Å². The molecule has 4 amide bonds. The minimum atomic E-state index is -3.78. The van der Waals surface area contributed by atoms with Crippen LogP contribution in [0.5, 0.6) is 0 Å². The zero-order chi connectivity index (χ0) is 90.6. The normalized spacial score (nSPS) is 15.5. The number of aliphatic carboxylic acids is 2. The number of nitrogen functional groups attached to an aromatic ring is 3. The highest BCUT2D eigenvalue weighted by Gasteiger charge is 2.33. The molecule has 0 radical (unpaired) electrons. The maximum Gasteiger partial charge on any atom is 0.333 e. The Balaban J connectivity index is 0.000000220. The standard InChI is InChI=1S/C28H32N6O7S.C16H20IN3O3.C11H12N4O4S.C10H11IN2O.C6H7IN2.C6H11NO3.C4H6O2.2CH4/c1-31-23-24(30-27(31)42(3,39)40)34(28(38)32(2)26(23)37)8-4-5-18-13-19(15-21(14-18)29-25(36)20-6-7-20)16-22(35)17-33-9-11-41-12-10-33;17-12-7-13(9-14(8-12)19-16(22)11-1-2-11)18-15(21)10-20-3-5-23-6-4-20;1-5-6-15-8-7(9(16)14(3)11(15)17)13(2)10(12-8)20(4,18)19;11-7-3-8(12)5-9(4-7)13-10(14)6-1-2-6;7-4-1-5(8)3-6(9)2-4;8-6(9)5-7-1-3-10-4-2-7;5-4(6)3-1-2-3;;/h13-15,20H,6-12,16-17H2,1-3H3,(H,29,36);7-9,11H,1-6,10H2,(H,18,21)(H,19,22);1H,6H2,2-4H3;3-6H,1-2,12H2,(H,13,14);1-3H,8-9H2;1-5H2,(H,8,9);3H,1-2H2,(H,5,6);2*1H4. The first-order chi connectivity index (χ1) is 58.6. The number of aromatic nitrogens is 8. The molecular formula is C83H107I3N18O20S2. The van der Waals surface area contributed by atoms with Crippen molar-refractivity contribution in [3.8, 4) is 24.2 Å². The van der Waals surface area contributed by atoms with E-state index in [1.54, 1.807) is 36.4 Å². The van der Waals surface area contributed by atoms with Crippen LogP contribution in [0.3, 0.4) is 0 Å². The van der Waals surface area contributed by atoms with Crippen molar-refractivity contribution in [2.24, 2.45) is 51.9 Å². The van der Waals surface area contributed by atoms with Gasteiger partial charge in [0.15, 0.2) is 28.1 Å². The van der Waals surface area contributed by atoms with Crippen molar-refractivity contribution in [2.45, 2.75) is 96.0 Å². The van der Waals surface area contributed by atoms with E-state index in [9.17, 15) is 69.6 Å². The van der Waals surface area contributed by atoms with Crippen molar-refractivity contribution in [1.29, 1.82) is 0 Å². The van der Waals surface area contributed by atoms with Crippen LogP contribution in [0.2, 0.25) is 0 Å². The lowest BCUT2D eigenvalue weighted by atomic mass is 10.0. The highest BCUT2D eigenvalue weighted by Crippen LogP contribution is 2.34. The molecule has 4 saturated carbocycles. The Kier molecular flexibility index (Phi) is 38.6. The molecule has 43 heteroatoms. The second kappa shape index (κ2) is 47.2. The minimum Gasteiger partial charge on any atom is -0.481 e. The van der Waals surface area contributed by atoms with E-state index in [0.717, 1.165) is 151 Å². The van der Waals surface area contributed by atoms with Gasteiger partial charge in [-0.2, -0.15) is 9.97 Å². The van der Waals surface area contributed by atoms with Gasteiger partial charge in [-0.15, -0.1) is 6.42 Å². The van der Waals surface area contributed by atoms with Crippen LogP contribution in [-0.4, -0.2) is 232 Å². The number of benzene rings is 4. The SMILES string of the molecule is C.C.C#CCn1c(=O)n(C)c(=O)c2c1nc(S(C)(=O)=O)n2C.Cn1c(=O)c2c(nc(S(C)(=O)=O)n2C)n(CC#Cc2cc(CC(=O)CN3CCOCC3)cc(NC(=O)C3CC3)c2)c1=O.Nc1cc(I)cc(NC(=O)C2CC2)c1.Nc1cc(N)cc(I)c1.O=C(CN1CCOCC1)Nc1cc(I)cc(NC(=O)C2CC2)c1.O=C(O)C1CC1.O=C(O)CN1CCOCC1. The monoisotopic (exact) mass is 2120 g/mol. The van der Waals surface area contributed by atoms with Crippen molar-refractivity contribution >= 4 is 191 Å². The van der Waals surface area contributed by atoms with E-state index in [-0.39, 0.29) is 127 Å². The maximum absolute atomic E-state index is 13.0. The predicted octanol–water partition coefficient (Wildman–Crippen LogP) is 4.90. The molecule has 0 atom stereocenters. The van der Waals surface area contributed by atoms with E-state index in [1.807, 2.05) is 46.2 Å². The summed E-state index contributed by atoms with van der Waals surface area (Å²) in [6.07, 6.45) is 14.7. The average molecular weight is 2120 g/mol. The Bertz CT molecular complexity index is 5870. The number of ketones is 1. The van der Waals surface area contributed by atoms with Gasteiger partial charge in [0.1, 0.15) is 0 Å². The van der Waals surface area contributed by atoms with Crippen LogP contribution < -0.4 is 61.0 Å². The number of carboxylic acid groups (broad SMARTS) is 2. The van der Waals surface area contributed by atoms with Gasteiger partial charge in [0.25, 0.3) is 11.1 Å². The van der Waals surface area contributed by atoms with Crippen LogP contribution >= 0.6 is 67.8 Å². The molecule has 126 heavy (non-hydrogen) atoms. The first-order valence-corrected chi connectivity index (χ1v) is 46.2. The van der Waals surface area contributed by atoms with Crippen LogP contribution in [0.4, 0.5) is 39.8 Å². The number of fused-ring (bicyclic) bond motifs is 2. The maximum atomic E-state index is 13.0. The highest BCUT2D eigenvalue weighted by atomic mass is 127. The molecule has 3 aliphatic heterocycles. The van der Waals surface area contributed by atoms with Gasteiger partial charge in [-0.05, 0) is 197 Å². The number of halogens is 3. The number of rotatable bonds is 20. The number of terminal acetylenes is 1. The highest BCUT2D eigenvalue weighted by molar-refractivity contribution is 14.1. The predicted molar refractivity (Wildman–Crippen MR) is 504 cm³/mol. The third kappa shape index (κ3) is 31.5. The smallest absolute Gasteiger partial charge is 0.333 e. The van der Waals surface area contributed by atoms with Crippen LogP contribution in [0.15, 0.2) is 102 Å². The van der Waals surface area contributed by atoms with Crippen LogP contribution in [0.25, 0.3) is 22.3 Å². The van der Waals surface area contributed by atoms with Crippen molar-refractivity contribution < 1.29 is 74.8 Å². The number of nitrogens with zero attached hydrogens (tertiary/aromatic N) is 11. The molecule has 38 nitrogen and oxygen atoms in total. The molecule has 0 bridgehead atoms. The van der Waals surface area contributed by atoms with E-state index in [0.29, 0.717) is 94.0 Å². The fourth-order valence-electron chi connectivity index (χ4n) is 12.6. The number of carbonyl (C=O) groups is 7. The fourth-order valence-corrected chi connectivity index (χ4v) is 16.3. The molecule has 3 saturated heterocycles. The van der Waals surface area contributed by atoms with E-state index in [2.05, 4.69) is 122 Å². The Morgan fingerprint density at radius 2 is 0.849 bits per heavy atom. The van der Waals surface area contributed by atoms with Gasteiger partial charge < -0.3 is 72.0 Å². The molecular weight excluding hydrogens is 2010 g/mol. The number of carboxylic acids is 2. The van der Waals surface area contributed by atoms with Crippen molar-refractivity contribution in [1.82, 2.24) is 52.1 Å². The molecule has 4 aromatic heterocycles. The number of morpholine rings is 3. The lowest BCUT2D eigenvalue weighted by molar-refractivity contribution is -0.140.